The van der Waals surface area contributed by atoms with Gasteiger partial charge in [-0.2, -0.15) is 0 Å². The molecule has 8 heteroatoms. The summed E-state index contributed by atoms with van der Waals surface area (Å²) in [5.74, 6) is -2.07. The molecule has 154 valence electrons. The first-order valence-electron chi connectivity index (χ1n) is 9.80. The summed E-state index contributed by atoms with van der Waals surface area (Å²) in [6.45, 7) is 6.69. The van der Waals surface area contributed by atoms with E-state index in [0.717, 1.165) is 25.2 Å². The lowest BCUT2D eigenvalue weighted by Crippen LogP contribution is -2.37. The fourth-order valence-corrected chi connectivity index (χ4v) is 3.94. The number of benzene rings is 1. The molecule has 4 saturated heterocycles. The van der Waals surface area contributed by atoms with E-state index in [9.17, 15) is 9.59 Å². The zero-order chi connectivity index (χ0) is 20.2. The molecule has 5 unspecified atom stereocenters. The minimum Gasteiger partial charge on any atom is -0.454 e. The third kappa shape index (κ3) is 3.81. The summed E-state index contributed by atoms with van der Waals surface area (Å²) in [6, 6.07) is 7.95. The number of carbonyl (C=O) groups excluding carboxylic acids is 2. The summed E-state index contributed by atoms with van der Waals surface area (Å²) in [5.41, 5.74) is 2.08. The lowest BCUT2D eigenvalue weighted by atomic mass is 10.1. The highest BCUT2D eigenvalue weighted by Gasteiger charge is 2.64. The van der Waals surface area contributed by atoms with Gasteiger partial charge in [0.05, 0.1) is 0 Å². The minimum atomic E-state index is -1.13. The Bertz CT molecular complexity index is 862. The molecule has 0 spiro atoms. The van der Waals surface area contributed by atoms with Gasteiger partial charge in [0.25, 0.3) is 0 Å². The van der Waals surface area contributed by atoms with Gasteiger partial charge < -0.3 is 23.7 Å². The van der Waals surface area contributed by atoms with Gasteiger partial charge in [-0.3, -0.25) is 4.90 Å². The van der Waals surface area contributed by atoms with E-state index in [2.05, 4.69) is 11.0 Å². The molecule has 4 aliphatic heterocycles. The van der Waals surface area contributed by atoms with Gasteiger partial charge in [0, 0.05) is 25.7 Å². The number of rotatable bonds is 5. The van der Waals surface area contributed by atoms with Gasteiger partial charge in [-0.05, 0) is 31.1 Å². The molecule has 0 amide bonds. The fourth-order valence-electron chi connectivity index (χ4n) is 3.94. The second-order valence-corrected chi connectivity index (χ2v) is 8.18. The molecule has 1 aromatic carbocycles. The highest BCUT2D eigenvalue weighted by molar-refractivity contribution is 5.90. The second kappa shape index (κ2) is 6.91. The number of fused-ring (bicyclic) bond motifs is 3. The summed E-state index contributed by atoms with van der Waals surface area (Å²) in [7, 11) is 0. The summed E-state index contributed by atoms with van der Waals surface area (Å²) < 4.78 is 27.8. The summed E-state index contributed by atoms with van der Waals surface area (Å²) in [5, 5.41) is 0. The Kier molecular flexibility index (Phi) is 4.47. The van der Waals surface area contributed by atoms with Crippen molar-refractivity contribution in [1.29, 1.82) is 0 Å². The molecule has 5 rings (SSSR count). The maximum atomic E-state index is 12.3. The van der Waals surface area contributed by atoms with E-state index >= 15 is 0 Å². The quantitative estimate of drug-likeness (QED) is 0.414. The topological polar surface area (TPSA) is 83.3 Å². The molecule has 5 atom stereocenters. The van der Waals surface area contributed by atoms with Crippen LogP contribution in [-0.4, -0.2) is 66.4 Å². The first kappa shape index (κ1) is 18.7. The Morgan fingerprint density at radius 3 is 2.86 bits per heavy atom. The van der Waals surface area contributed by atoms with Gasteiger partial charge in [0.1, 0.15) is 6.10 Å². The van der Waals surface area contributed by atoms with Gasteiger partial charge in [-0.25, -0.2) is 9.59 Å². The van der Waals surface area contributed by atoms with Crippen LogP contribution < -0.4 is 0 Å². The first-order valence-corrected chi connectivity index (χ1v) is 9.80. The molecular formula is C21H23NO7. The van der Waals surface area contributed by atoms with E-state index in [1.807, 2.05) is 18.2 Å². The fraction of sp³-hybridized carbons (Fsp3) is 0.524. The average molecular weight is 401 g/mol. The Morgan fingerprint density at radius 2 is 2.07 bits per heavy atom. The smallest absolute Gasteiger partial charge is 0.350 e. The molecule has 4 fully saturated rings. The third-order valence-electron chi connectivity index (χ3n) is 5.36. The molecule has 29 heavy (non-hydrogen) atoms. The van der Waals surface area contributed by atoms with Crippen molar-refractivity contribution in [3.63, 3.8) is 0 Å². The molecule has 0 radical (unpaired) electrons. The summed E-state index contributed by atoms with van der Waals surface area (Å²) in [6.07, 6.45) is -0.703. The molecule has 0 bridgehead atoms. The van der Waals surface area contributed by atoms with Gasteiger partial charge >= 0.3 is 11.9 Å². The molecule has 8 nitrogen and oxygen atoms in total. The highest BCUT2D eigenvalue weighted by atomic mass is 16.8. The van der Waals surface area contributed by atoms with Gasteiger partial charge in [-0.1, -0.05) is 24.3 Å². The van der Waals surface area contributed by atoms with E-state index in [1.54, 1.807) is 19.9 Å². The zero-order valence-corrected chi connectivity index (χ0v) is 16.3. The van der Waals surface area contributed by atoms with Crippen LogP contribution in [0, 0.1) is 0 Å². The van der Waals surface area contributed by atoms with Crippen LogP contribution in [-0.2, 0) is 39.8 Å². The van der Waals surface area contributed by atoms with E-state index in [0.29, 0.717) is 0 Å². The number of hydrogen-bond donors (Lipinski definition) is 0. The van der Waals surface area contributed by atoms with Crippen molar-refractivity contribution in [2.45, 2.75) is 56.9 Å². The van der Waals surface area contributed by atoms with Crippen molar-refractivity contribution in [3.8, 4) is 0 Å². The molecule has 4 aliphatic rings. The predicted molar refractivity (Wildman–Crippen MR) is 99.2 cm³/mol. The number of nitrogens with zero attached hydrogens (tertiary/aromatic N) is 1. The molecule has 0 aromatic heterocycles. The normalized spacial score (nSPS) is 34.8. The Hall–Kier alpha value is -2.26. The van der Waals surface area contributed by atoms with Crippen LogP contribution in [0.3, 0.4) is 0 Å². The van der Waals surface area contributed by atoms with Crippen LogP contribution in [0.1, 0.15) is 25.0 Å². The van der Waals surface area contributed by atoms with E-state index in [4.69, 9.17) is 23.7 Å². The maximum absolute atomic E-state index is 12.3. The predicted octanol–water partition coefficient (Wildman–Crippen LogP) is 1.23. The third-order valence-corrected chi connectivity index (χ3v) is 5.36. The van der Waals surface area contributed by atoms with Crippen molar-refractivity contribution < 1.29 is 33.3 Å². The maximum Gasteiger partial charge on any atom is 0.350 e. The number of esters is 2. The molecule has 0 saturated carbocycles. The summed E-state index contributed by atoms with van der Waals surface area (Å²) >= 11 is 0. The lowest BCUT2D eigenvalue weighted by Gasteiger charge is -2.21. The van der Waals surface area contributed by atoms with Crippen LogP contribution >= 0.6 is 0 Å². The van der Waals surface area contributed by atoms with Crippen molar-refractivity contribution >= 4 is 18.0 Å². The van der Waals surface area contributed by atoms with Crippen molar-refractivity contribution in [2.75, 3.05) is 13.1 Å². The SMILES string of the molecule is CC1(C)OC2OC3C(OC(=O)/C=C/c4cccc(CN5CC5)c4)C(=O)OC3C2O1. The van der Waals surface area contributed by atoms with Gasteiger partial charge in [0.2, 0.25) is 6.10 Å². The molecular weight excluding hydrogens is 378 g/mol. The van der Waals surface area contributed by atoms with Crippen molar-refractivity contribution in [3.05, 3.63) is 41.5 Å². The Balaban J connectivity index is 1.21. The largest absolute Gasteiger partial charge is 0.454 e. The Morgan fingerprint density at radius 1 is 1.24 bits per heavy atom. The number of ether oxygens (including phenoxy) is 5. The van der Waals surface area contributed by atoms with E-state index in [1.165, 1.54) is 11.6 Å². The minimum absolute atomic E-state index is 0.525. The molecule has 0 N–H and O–H groups in total. The van der Waals surface area contributed by atoms with E-state index in [-0.39, 0.29) is 0 Å². The van der Waals surface area contributed by atoms with Crippen LogP contribution in [0.15, 0.2) is 30.3 Å². The highest BCUT2D eigenvalue weighted by Crippen LogP contribution is 2.43. The van der Waals surface area contributed by atoms with Crippen molar-refractivity contribution in [2.24, 2.45) is 0 Å². The molecule has 1 aromatic rings. The van der Waals surface area contributed by atoms with Gasteiger partial charge in [0.15, 0.2) is 24.3 Å². The van der Waals surface area contributed by atoms with Crippen LogP contribution in [0.5, 0.6) is 0 Å². The lowest BCUT2D eigenvalue weighted by molar-refractivity contribution is -0.216. The first-order chi connectivity index (χ1) is 13.9. The van der Waals surface area contributed by atoms with Crippen LogP contribution in [0.4, 0.5) is 0 Å². The van der Waals surface area contributed by atoms with Gasteiger partial charge in [-0.15, -0.1) is 0 Å². The van der Waals surface area contributed by atoms with Crippen LogP contribution in [0.25, 0.3) is 6.08 Å². The molecule has 0 aliphatic carbocycles. The monoisotopic (exact) mass is 401 g/mol. The van der Waals surface area contributed by atoms with E-state index < -0.39 is 48.4 Å². The number of carbonyl (C=O) groups is 2. The summed E-state index contributed by atoms with van der Waals surface area (Å²) in [4.78, 5) is 26.8. The van der Waals surface area contributed by atoms with Crippen molar-refractivity contribution in [1.82, 2.24) is 4.90 Å². The zero-order valence-electron chi connectivity index (χ0n) is 16.3. The molecule has 4 heterocycles. The standard InChI is InChI=1S/C21H23NO7/c1-21(2)28-18-16-15(27-20(18)29-21)17(19(24)26-16)25-14(23)7-6-12-4-3-5-13(10-12)11-22-8-9-22/h3-7,10,15-18,20H,8-9,11H2,1-2H3/b7-6+. The number of hydrogen-bond acceptors (Lipinski definition) is 8. The second-order valence-electron chi connectivity index (χ2n) is 8.18. The average Bonchev–Trinajstić information content (AvgIpc) is 3.27. The van der Waals surface area contributed by atoms with Crippen LogP contribution in [0.2, 0.25) is 0 Å². The Labute approximate surface area is 168 Å².